The van der Waals surface area contributed by atoms with Crippen LogP contribution in [-0.2, 0) is 6.54 Å². The Morgan fingerprint density at radius 3 is 2.74 bits per heavy atom. The number of fused-ring (bicyclic) bond motifs is 1. The van der Waals surface area contributed by atoms with E-state index in [0.29, 0.717) is 27.9 Å². The number of H-pyrrole nitrogens is 1. The molecule has 0 amide bonds. The molecule has 0 atom stereocenters. The van der Waals surface area contributed by atoms with Crippen molar-refractivity contribution in [3.63, 3.8) is 0 Å². The number of aromatic nitrogens is 1. The van der Waals surface area contributed by atoms with E-state index in [2.05, 4.69) is 10.3 Å². The topological polar surface area (TPSA) is 54.1 Å². The number of anilines is 1. The highest BCUT2D eigenvalue weighted by molar-refractivity contribution is 6.32. The Hall–Kier alpha value is -2.17. The molecule has 1 aromatic heterocycles. The van der Waals surface area contributed by atoms with E-state index >= 15 is 0 Å². The van der Waals surface area contributed by atoms with Crippen molar-refractivity contribution < 1.29 is 4.74 Å². The number of pyridine rings is 1. The van der Waals surface area contributed by atoms with Crippen molar-refractivity contribution in [1.82, 2.24) is 4.98 Å². The number of nitrogens with one attached hydrogen (secondary N) is 2. The third-order valence-electron chi connectivity index (χ3n) is 3.52. The fourth-order valence-electron chi connectivity index (χ4n) is 2.32. The van der Waals surface area contributed by atoms with Gasteiger partial charge in [-0.05, 0) is 36.4 Å². The lowest BCUT2D eigenvalue weighted by Gasteiger charge is -2.09. The van der Waals surface area contributed by atoms with Crippen molar-refractivity contribution in [2.75, 3.05) is 12.4 Å². The molecule has 23 heavy (non-hydrogen) atoms. The Morgan fingerprint density at radius 1 is 1.13 bits per heavy atom. The van der Waals surface area contributed by atoms with Gasteiger partial charge in [-0.15, -0.1) is 0 Å². The number of hydrogen-bond acceptors (Lipinski definition) is 3. The minimum absolute atomic E-state index is 0.131. The zero-order chi connectivity index (χ0) is 16.4. The van der Waals surface area contributed by atoms with Gasteiger partial charge in [-0.2, -0.15) is 0 Å². The summed E-state index contributed by atoms with van der Waals surface area (Å²) >= 11 is 12.0. The molecule has 0 spiro atoms. The van der Waals surface area contributed by atoms with E-state index in [4.69, 9.17) is 27.9 Å². The minimum Gasteiger partial charge on any atom is -0.495 e. The van der Waals surface area contributed by atoms with Crippen LogP contribution < -0.4 is 15.6 Å². The van der Waals surface area contributed by atoms with Gasteiger partial charge < -0.3 is 15.0 Å². The summed E-state index contributed by atoms with van der Waals surface area (Å²) in [6.07, 6.45) is 0. The summed E-state index contributed by atoms with van der Waals surface area (Å²) < 4.78 is 5.18. The van der Waals surface area contributed by atoms with Gasteiger partial charge in [0.2, 0.25) is 0 Å². The van der Waals surface area contributed by atoms with Crippen LogP contribution in [0.1, 0.15) is 5.56 Å². The van der Waals surface area contributed by atoms with E-state index in [1.54, 1.807) is 31.4 Å². The number of ether oxygens (including phenoxy) is 1. The van der Waals surface area contributed by atoms with E-state index in [-0.39, 0.29) is 5.56 Å². The van der Waals surface area contributed by atoms with E-state index in [9.17, 15) is 4.79 Å². The number of hydrogen-bond donors (Lipinski definition) is 2. The van der Waals surface area contributed by atoms with Crippen molar-refractivity contribution in [3.05, 3.63) is 68.4 Å². The molecule has 0 saturated heterocycles. The van der Waals surface area contributed by atoms with Gasteiger partial charge in [0.05, 0.1) is 12.1 Å². The van der Waals surface area contributed by atoms with Crippen molar-refractivity contribution in [2.24, 2.45) is 0 Å². The standard InChI is InChI=1S/C17H14Cl2N2O2/c1-23-16-8-13(3-4-14(16)19)20-9-11-6-10-7-12(18)2-5-15(10)21-17(11)22/h2-8,20H,9H2,1H3,(H,21,22). The lowest BCUT2D eigenvalue weighted by atomic mass is 10.1. The molecule has 0 saturated carbocycles. The molecule has 0 radical (unpaired) electrons. The van der Waals surface area contributed by atoms with Crippen LogP contribution >= 0.6 is 23.2 Å². The van der Waals surface area contributed by atoms with Crippen LogP contribution in [0.25, 0.3) is 10.9 Å². The molecule has 0 unspecified atom stereocenters. The number of aromatic amines is 1. The van der Waals surface area contributed by atoms with Gasteiger partial charge >= 0.3 is 0 Å². The molecule has 3 rings (SSSR count). The molecule has 2 aromatic carbocycles. The van der Waals surface area contributed by atoms with Gasteiger partial charge in [0.1, 0.15) is 5.75 Å². The van der Waals surface area contributed by atoms with Crippen LogP contribution in [-0.4, -0.2) is 12.1 Å². The highest BCUT2D eigenvalue weighted by atomic mass is 35.5. The average Bonchev–Trinajstić information content (AvgIpc) is 2.54. The molecule has 0 aliphatic heterocycles. The fourth-order valence-corrected chi connectivity index (χ4v) is 2.70. The Morgan fingerprint density at radius 2 is 1.96 bits per heavy atom. The lowest BCUT2D eigenvalue weighted by Crippen LogP contribution is -2.15. The molecule has 2 N–H and O–H groups in total. The van der Waals surface area contributed by atoms with Crippen LogP contribution in [0.3, 0.4) is 0 Å². The molecule has 3 aromatic rings. The summed E-state index contributed by atoms with van der Waals surface area (Å²) in [5.41, 5.74) is 2.06. The first-order valence-corrected chi connectivity index (χ1v) is 7.71. The predicted octanol–water partition coefficient (Wildman–Crippen LogP) is 4.46. The predicted molar refractivity (Wildman–Crippen MR) is 94.9 cm³/mol. The normalized spacial score (nSPS) is 10.7. The van der Waals surface area contributed by atoms with E-state index < -0.39 is 0 Å². The molecule has 0 bridgehead atoms. The number of halogens is 2. The van der Waals surface area contributed by atoms with Crippen LogP contribution in [0.5, 0.6) is 5.75 Å². The summed E-state index contributed by atoms with van der Waals surface area (Å²) in [6, 6.07) is 12.6. The van der Waals surface area contributed by atoms with E-state index in [0.717, 1.165) is 16.6 Å². The third kappa shape index (κ3) is 3.44. The molecule has 0 fully saturated rings. The Labute approximate surface area is 143 Å². The minimum atomic E-state index is -0.131. The molecule has 0 aliphatic rings. The molecule has 118 valence electrons. The Bertz CT molecular complexity index is 922. The van der Waals surface area contributed by atoms with Crippen LogP contribution in [0.15, 0.2) is 47.3 Å². The maximum Gasteiger partial charge on any atom is 0.253 e. The summed E-state index contributed by atoms with van der Waals surface area (Å²) in [4.78, 5) is 15.0. The van der Waals surface area contributed by atoms with Crippen molar-refractivity contribution in [3.8, 4) is 5.75 Å². The average molecular weight is 349 g/mol. The van der Waals surface area contributed by atoms with Crippen molar-refractivity contribution >= 4 is 39.8 Å². The highest BCUT2D eigenvalue weighted by Gasteiger charge is 2.05. The maximum atomic E-state index is 12.1. The zero-order valence-electron chi connectivity index (χ0n) is 12.3. The molecule has 0 aliphatic carbocycles. The van der Waals surface area contributed by atoms with Gasteiger partial charge in [-0.25, -0.2) is 0 Å². The van der Waals surface area contributed by atoms with Crippen molar-refractivity contribution in [2.45, 2.75) is 6.54 Å². The fraction of sp³-hybridized carbons (Fsp3) is 0.118. The van der Waals surface area contributed by atoms with Crippen LogP contribution in [0.4, 0.5) is 5.69 Å². The molecule has 4 nitrogen and oxygen atoms in total. The summed E-state index contributed by atoms with van der Waals surface area (Å²) in [7, 11) is 1.56. The van der Waals surface area contributed by atoms with Gasteiger partial charge in [0.15, 0.2) is 0 Å². The third-order valence-corrected chi connectivity index (χ3v) is 4.06. The zero-order valence-corrected chi connectivity index (χ0v) is 13.8. The SMILES string of the molecule is COc1cc(NCc2cc3cc(Cl)ccc3[nH]c2=O)ccc1Cl. The molecule has 1 heterocycles. The summed E-state index contributed by atoms with van der Waals surface area (Å²) in [6.45, 7) is 0.378. The Balaban J connectivity index is 1.86. The monoisotopic (exact) mass is 348 g/mol. The van der Waals surface area contributed by atoms with E-state index in [1.165, 1.54) is 0 Å². The molecular weight excluding hydrogens is 335 g/mol. The second-order valence-electron chi connectivity index (χ2n) is 5.06. The largest absolute Gasteiger partial charge is 0.495 e. The van der Waals surface area contributed by atoms with Crippen LogP contribution in [0.2, 0.25) is 10.0 Å². The Kier molecular flexibility index (Phi) is 4.46. The lowest BCUT2D eigenvalue weighted by molar-refractivity contribution is 0.415. The second kappa shape index (κ2) is 6.52. The smallest absolute Gasteiger partial charge is 0.253 e. The quantitative estimate of drug-likeness (QED) is 0.731. The summed E-state index contributed by atoms with van der Waals surface area (Å²) in [5.74, 6) is 0.580. The number of methoxy groups -OCH3 is 1. The van der Waals surface area contributed by atoms with Gasteiger partial charge in [0, 0.05) is 39.8 Å². The first kappa shape index (κ1) is 15.7. The summed E-state index contributed by atoms with van der Waals surface area (Å²) in [5, 5.41) is 5.25. The molecule has 6 heteroatoms. The van der Waals surface area contributed by atoms with E-state index in [1.807, 2.05) is 18.2 Å². The van der Waals surface area contributed by atoms with Gasteiger partial charge in [0.25, 0.3) is 5.56 Å². The first-order valence-electron chi connectivity index (χ1n) is 6.95. The van der Waals surface area contributed by atoms with Crippen molar-refractivity contribution in [1.29, 1.82) is 0 Å². The van der Waals surface area contributed by atoms with Crippen LogP contribution in [0, 0.1) is 0 Å². The number of benzene rings is 2. The van der Waals surface area contributed by atoms with Gasteiger partial charge in [-0.1, -0.05) is 23.2 Å². The second-order valence-corrected chi connectivity index (χ2v) is 5.90. The molecular formula is C17H14Cl2N2O2. The first-order chi connectivity index (χ1) is 11.1. The number of rotatable bonds is 4. The maximum absolute atomic E-state index is 12.1. The van der Waals surface area contributed by atoms with Gasteiger partial charge in [-0.3, -0.25) is 4.79 Å². The highest BCUT2D eigenvalue weighted by Crippen LogP contribution is 2.27.